The number of anilines is 3. The maximum atomic E-state index is 10.4. The summed E-state index contributed by atoms with van der Waals surface area (Å²) in [6, 6.07) is 82.1. The van der Waals surface area contributed by atoms with Gasteiger partial charge in [0.2, 0.25) is 0 Å². The summed E-state index contributed by atoms with van der Waals surface area (Å²) in [5, 5.41) is 49.5. The third kappa shape index (κ3) is 6.02. The molecule has 13 aromatic rings. The molecule has 2 aromatic heterocycles. The molecule has 0 atom stereocenters. The Morgan fingerprint density at radius 3 is 1.74 bits per heavy atom. The van der Waals surface area contributed by atoms with Gasteiger partial charge in [0.15, 0.2) is 0 Å². The number of para-hydroxylation sites is 3. The molecule has 0 aliphatic heterocycles. The number of nitrogens with zero attached hydrogens (tertiary/aromatic N) is 7. The Morgan fingerprint density at radius 1 is 0.356 bits per heavy atom. The van der Waals surface area contributed by atoms with Gasteiger partial charge in [0.05, 0.1) is 62.1 Å². The zero-order valence-corrected chi connectivity index (χ0v) is 38.8. The van der Waals surface area contributed by atoms with Gasteiger partial charge in [-0.3, -0.25) is 0 Å². The van der Waals surface area contributed by atoms with Crippen molar-refractivity contribution in [2.24, 2.45) is 0 Å². The minimum Gasteiger partial charge on any atom is -0.310 e. The largest absolute Gasteiger partial charge is 0.310 e. The number of fused-ring (bicyclic) bond motifs is 12. The van der Waals surface area contributed by atoms with Crippen LogP contribution in [0.1, 0.15) is 22.3 Å². The molecule has 14 rings (SSSR count). The SMILES string of the molecule is N#Cc1cc(C#N)cc(-n2c3ccccc3c3cc4c5c(cccc5c32)-c2c(-c3ccc(N(c5ccccc5)c5ccc6c(c5)c5c7ccccc7ccc5n6-c5c(C#N)cccc5C#N)cc3)cccc2-4)c1. The highest BCUT2D eigenvalue weighted by molar-refractivity contribution is 6.29. The summed E-state index contributed by atoms with van der Waals surface area (Å²) < 4.78 is 4.30. The molecule has 0 bridgehead atoms. The Bertz CT molecular complexity index is 4660. The van der Waals surface area contributed by atoms with Crippen molar-refractivity contribution in [1.82, 2.24) is 9.13 Å². The summed E-state index contributed by atoms with van der Waals surface area (Å²) in [6.07, 6.45) is 0. The van der Waals surface area contributed by atoms with Crippen molar-refractivity contribution in [3.05, 3.63) is 235 Å². The molecule has 0 saturated carbocycles. The predicted octanol–water partition coefficient (Wildman–Crippen LogP) is 16.5. The Morgan fingerprint density at radius 2 is 0.973 bits per heavy atom. The molecule has 0 saturated heterocycles. The summed E-state index contributed by atoms with van der Waals surface area (Å²) >= 11 is 0. The van der Waals surface area contributed by atoms with Gasteiger partial charge >= 0.3 is 0 Å². The van der Waals surface area contributed by atoms with Crippen molar-refractivity contribution in [3.63, 3.8) is 0 Å². The minimum absolute atomic E-state index is 0.432. The van der Waals surface area contributed by atoms with Gasteiger partial charge in [-0.2, -0.15) is 21.0 Å². The average molecular weight is 926 g/mol. The van der Waals surface area contributed by atoms with E-state index in [2.05, 4.69) is 196 Å². The molecule has 0 fully saturated rings. The fraction of sp³-hybridized carbons (Fsp3) is 0. The van der Waals surface area contributed by atoms with E-state index >= 15 is 0 Å². The van der Waals surface area contributed by atoms with E-state index in [0.29, 0.717) is 27.9 Å². The van der Waals surface area contributed by atoms with E-state index in [-0.39, 0.29) is 0 Å². The van der Waals surface area contributed by atoms with Crippen LogP contribution in [0.2, 0.25) is 0 Å². The number of hydrogen-bond acceptors (Lipinski definition) is 5. The molecule has 0 spiro atoms. The molecule has 0 amide bonds. The number of nitriles is 4. The monoisotopic (exact) mass is 925 g/mol. The summed E-state index contributed by atoms with van der Waals surface area (Å²) in [5.74, 6) is 0. The fourth-order valence-corrected chi connectivity index (χ4v) is 11.7. The lowest BCUT2D eigenvalue weighted by Gasteiger charge is -2.26. The first-order valence-electron chi connectivity index (χ1n) is 24.0. The summed E-state index contributed by atoms with van der Waals surface area (Å²) in [6.45, 7) is 0. The lowest BCUT2D eigenvalue weighted by Crippen LogP contribution is -2.09. The quantitative estimate of drug-likeness (QED) is 0.165. The van der Waals surface area contributed by atoms with Crippen LogP contribution in [0.25, 0.3) is 110 Å². The first kappa shape index (κ1) is 41.3. The number of hydrogen-bond donors (Lipinski definition) is 0. The highest BCUT2D eigenvalue weighted by Gasteiger charge is 2.29. The van der Waals surface area contributed by atoms with Crippen LogP contribution in [0.4, 0.5) is 17.1 Å². The van der Waals surface area contributed by atoms with Crippen molar-refractivity contribution in [3.8, 4) is 69.0 Å². The van der Waals surface area contributed by atoms with E-state index in [4.69, 9.17) is 0 Å². The van der Waals surface area contributed by atoms with Crippen molar-refractivity contribution in [2.45, 2.75) is 0 Å². The number of rotatable bonds is 6. The first-order valence-corrected chi connectivity index (χ1v) is 24.0. The van der Waals surface area contributed by atoms with Gasteiger partial charge in [0.1, 0.15) is 12.1 Å². The second-order valence-electron chi connectivity index (χ2n) is 18.5. The van der Waals surface area contributed by atoms with Crippen LogP contribution >= 0.6 is 0 Å². The van der Waals surface area contributed by atoms with Crippen LogP contribution in [0.15, 0.2) is 212 Å². The van der Waals surface area contributed by atoms with Gasteiger partial charge in [0.25, 0.3) is 0 Å². The lowest BCUT2D eigenvalue weighted by molar-refractivity contribution is 1.15. The Labute approximate surface area is 418 Å². The Hall–Kier alpha value is -10.7. The molecule has 1 aliphatic carbocycles. The lowest BCUT2D eigenvalue weighted by atomic mass is 9.93. The fourth-order valence-electron chi connectivity index (χ4n) is 11.7. The van der Waals surface area contributed by atoms with E-state index in [1.165, 1.54) is 22.1 Å². The molecule has 11 aromatic carbocycles. The van der Waals surface area contributed by atoms with Gasteiger partial charge < -0.3 is 14.0 Å². The topological polar surface area (TPSA) is 108 Å². The normalized spacial score (nSPS) is 11.5. The molecule has 73 heavy (non-hydrogen) atoms. The third-order valence-electron chi connectivity index (χ3n) is 14.7. The van der Waals surface area contributed by atoms with E-state index in [0.717, 1.165) is 99.2 Å². The molecule has 7 nitrogen and oxygen atoms in total. The zero-order valence-electron chi connectivity index (χ0n) is 38.8. The van der Waals surface area contributed by atoms with Gasteiger partial charge in [-0.05, 0) is 141 Å². The van der Waals surface area contributed by atoms with E-state index in [9.17, 15) is 21.0 Å². The molecule has 2 heterocycles. The smallest absolute Gasteiger partial charge is 0.101 e. The number of benzene rings is 11. The molecule has 7 heteroatoms. The molecular formula is C66H35N7. The third-order valence-corrected chi connectivity index (χ3v) is 14.7. The Balaban J connectivity index is 0.931. The van der Waals surface area contributed by atoms with Crippen LogP contribution in [0.3, 0.4) is 0 Å². The van der Waals surface area contributed by atoms with Crippen molar-refractivity contribution in [2.75, 3.05) is 4.90 Å². The molecule has 334 valence electrons. The second-order valence-corrected chi connectivity index (χ2v) is 18.5. The molecule has 1 aliphatic rings. The van der Waals surface area contributed by atoms with Crippen LogP contribution in [0.5, 0.6) is 0 Å². The maximum Gasteiger partial charge on any atom is 0.101 e. The van der Waals surface area contributed by atoms with Crippen molar-refractivity contribution < 1.29 is 0 Å². The van der Waals surface area contributed by atoms with Gasteiger partial charge in [0, 0.05) is 49.7 Å². The highest BCUT2D eigenvalue weighted by atomic mass is 15.1. The van der Waals surface area contributed by atoms with E-state index in [1.807, 2.05) is 30.3 Å². The highest BCUT2D eigenvalue weighted by Crippen LogP contribution is 2.54. The summed E-state index contributed by atoms with van der Waals surface area (Å²) in [7, 11) is 0. The Kier molecular flexibility index (Phi) is 9.01. The zero-order chi connectivity index (χ0) is 48.9. The van der Waals surface area contributed by atoms with Crippen LogP contribution in [-0.4, -0.2) is 9.13 Å². The van der Waals surface area contributed by atoms with Crippen LogP contribution in [0, 0.1) is 45.3 Å². The van der Waals surface area contributed by atoms with Crippen molar-refractivity contribution in [1.29, 1.82) is 21.0 Å². The van der Waals surface area contributed by atoms with Crippen molar-refractivity contribution >= 4 is 82.2 Å². The summed E-state index contributed by atoms with van der Waals surface area (Å²) in [5.41, 5.74) is 16.8. The van der Waals surface area contributed by atoms with Gasteiger partial charge in [-0.15, -0.1) is 0 Å². The van der Waals surface area contributed by atoms with E-state index in [1.54, 1.807) is 24.3 Å². The molecule has 0 N–H and O–H groups in total. The number of aromatic nitrogens is 2. The van der Waals surface area contributed by atoms with E-state index < -0.39 is 0 Å². The second kappa shape index (κ2) is 15.9. The molecule has 0 radical (unpaired) electrons. The molecular weight excluding hydrogens is 891 g/mol. The molecule has 0 unspecified atom stereocenters. The predicted molar refractivity (Wildman–Crippen MR) is 294 cm³/mol. The maximum absolute atomic E-state index is 10.4. The average Bonchev–Trinajstić information content (AvgIpc) is 4.09. The van der Waals surface area contributed by atoms with Crippen LogP contribution in [-0.2, 0) is 0 Å². The van der Waals surface area contributed by atoms with Gasteiger partial charge in [-0.25, -0.2) is 0 Å². The van der Waals surface area contributed by atoms with Crippen LogP contribution < -0.4 is 4.90 Å². The summed E-state index contributed by atoms with van der Waals surface area (Å²) in [4.78, 5) is 2.28. The standard InChI is InChI=1S/C66H35N7/c67-36-40-31-41(37-68)33-49(32-40)72-59-22-7-6-17-52(59)57-35-56-53-19-9-18-50(62(53)54-20-10-21-55(63(54)56)66(57)72)43-23-26-47(27-24-43)71(46-14-2-1-3-15-46)48-28-30-60-58(34-48)64-51-16-5-4-11-42(51)25-29-61(64)73(60)65-44(38-69)12-8-13-45(65)39-70/h1-35H. The van der Waals surface area contributed by atoms with Gasteiger partial charge in [-0.1, -0.05) is 121 Å². The minimum atomic E-state index is 0.432. The first-order chi connectivity index (χ1) is 36.0.